The highest BCUT2D eigenvalue weighted by molar-refractivity contribution is 4.92. The van der Waals surface area contributed by atoms with E-state index in [1.165, 1.54) is 0 Å². The summed E-state index contributed by atoms with van der Waals surface area (Å²) in [5.41, 5.74) is 8.46. The third-order valence-electron chi connectivity index (χ3n) is 5.17. The lowest BCUT2D eigenvalue weighted by Gasteiger charge is -2.44. The van der Waals surface area contributed by atoms with E-state index in [-0.39, 0.29) is 12.5 Å². The molecule has 0 saturated carbocycles. The van der Waals surface area contributed by atoms with Crippen LogP contribution >= 0.6 is 0 Å². The monoisotopic (exact) mass is 445 g/mol. The first kappa shape index (κ1) is 28.1. The third-order valence-corrected chi connectivity index (χ3v) is 5.17. The van der Waals surface area contributed by atoms with Crippen molar-refractivity contribution in [3.8, 4) is 0 Å². The Morgan fingerprint density at radius 1 is 0.935 bits per heavy atom. The van der Waals surface area contributed by atoms with Gasteiger partial charge in [-0.1, -0.05) is 52.1 Å². The summed E-state index contributed by atoms with van der Waals surface area (Å²) in [6, 6.07) is 0. The average Bonchev–Trinajstić information content (AvgIpc) is 2.76. The molecule has 1 aliphatic heterocycles. The zero-order chi connectivity index (χ0) is 22.9. The van der Waals surface area contributed by atoms with Crippen LogP contribution in [-0.2, 0) is 23.7 Å². The van der Waals surface area contributed by atoms with Crippen LogP contribution in [0.4, 0.5) is 0 Å². The molecule has 0 aromatic carbocycles. The zero-order valence-electron chi connectivity index (χ0n) is 19.8. The molecule has 4 unspecified atom stereocenters. The van der Waals surface area contributed by atoms with Crippen molar-refractivity contribution in [3.63, 3.8) is 0 Å². The van der Waals surface area contributed by atoms with Crippen molar-refractivity contribution in [2.45, 2.75) is 96.9 Å². The van der Waals surface area contributed by atoms with Gasteiger partial charge in [0.1, 0.15) is 24.4 Å². The fraction of sp³-hybridized carbons (Fsp3) is 1.00. The summed E-state index contributed by atoms with van der Waals surface area (Å²) in [7, 11) is 0. The van der Waals surface area contributed by atoms with E-state index in [0.717, 1.165) is 38.5 Å². The number of nitrogens with zero attached hydrogens (tertiary/aromatic N) is 3. The molecule has 0 aromatic rings. The van der Waals surface area contributed by atoms with Gasteiger partial charge in [0, 0.05) is 37.9 Å². The lowest BCUT2D eigenvalue weighted by molar-refractivity contribution is -0.312. The minimum atomic E-state index is -1.11. The maximum absolute atomic E-state index is 10.7. The quantitative estimate of drug-likeness (QED) is 0.146. The second-order valence-corrected chi connectivity index (χ2v) is 8.19. The largest absolute Gasteiger partial charge is 0.378 e. The predicted molar refractivity (Wildman–Crippen MR) is 119 cm³/mol. The van der Waals surface area contributed by atoms with Gasteiger partial charge in [-0.15, -0.1) is 0 Å². The van der Waals surface area contributed by atoms with Gasteiger partial charge in [-0.2, -0.15) is 0 Å². The van der Waals surface area contributed by atoms with E-state index in [0.29, 0.717) is 33.0 Å². The highest BCUT2D eigenvalue weighted by atomic mass is 16.7. The Bertz CT molecular complexity index is 492. The van der Waals surface area contributed by atoms with Gasteiger partial charge in [-0.25, -0.2) is 0 Å². The fourth-order valence-corrected chi connectivity index (χ4v) is 3.30. The van der Waals surface area contributed by atoms with Crippen molar-refractivity contribution in [3.05, 3.63) is 10.4 Å². The summed E-state index contributed by atoms with van der Waals surface area (Å²) >= 11 is 0. The number of rotatable bonds is 18. The van der Waals surface area contributed by atoms with E-state index >= 15 is 0 Å². The number of unbranched alkanes of at least 4 members (excludes halogenated alkanes) is 3. The van der Waals surface area contributed by atoms with Gasteiger partial charge in [-0.3, -0.25) is 0 Å². The minimum absolute atomic E-state index is 0.0885. The number of hydrogen-bond acceptors (Lipinski definition) is 7. The van der Waals surface area contributed by atoms with Crippen molar-refractivity contribution in [2.24, 2.45) is 11.0 Å². The van der Waals surface area contributed by atoms with E-state index in [1.54, 1.807) is 0 Å². The van der Waals surface area contributed by atoms with Crippen LogP contribution in [0.15, 0.2) is 5.11 Å². The molecule has 1 heterocycles. The first-order valence-electron chi connectivity index (χ1n) is 11.9. The summed E-state index contributed by atoms with van der Waals surface area (Å²) in [5.74, 6) is 0.0885. The van der Waals surface area contributed by atoms with E-state index in [1.807, 2.05) is 6.92 Å². The molecule has 0 bridgehead atoms. The molecule has 9 nitrogen and oxygen atoms in total. The van der Waals surface area contributed by atoms with Crippen LogP contribution < -0.4 is 0 Å². The molecule has 0 aromatic heterocycles. The summed E-state index contributed by atoms with van der Waals surface area (Å²) in [6.07, 6.45) is 2.79. The Morgan fingerprint density at radius 3 is 2.03 bits per heavy atom. The molecular formula is C22H43N3O6. The normalized spacial score (nSPS) is 27.1. The standard InChI is InChI=1S/C22H43N3O6/c1-5-8-11-28-19-18(16-27-15-17(4)14-24-25-23)31-22(26)21(30-13-10-7-3)20(19)29-12-9-6-2/h17-22,26H,5-16H2,1-4H3/t17?,18?,19-,20?,21-,22?/m0/s1. The Morgan fingerprint density at radius 2 is 1.48 bits per heavy atom. The van der Waals surface area contributed by atoms with Crippen LogP contribution in [0.3, 0.4) is 0 Å². The van der Waals surface area contributed by atoms with Crippen LogP contribution in [0.2, 0.25) is 0 Å². The van der Waals surface area contributed by atoms with Crippen molar-refractivity contribution < 1.29 is 28.8 Å². The molecule has 182 valence electrons. The zero-order valence-corrected chi connectivity index (χ0v) is 19.8. The summed E-state index contributed by atoms with van der Waals surface area (Å²) < 4.78 is 30.1. The number of azide groups is 1. The minimum Gasteiger partial charge on any atom is -0.378 e. The molecule has 31 heavy (non-hydrogen) atoms. The van der Waals surface area contributed by atoms with Gasteiger partial charge in [0.05, 0.1) is 6.61 Å². The summed E-state index contributed by atoms with van der Waals surface area (Å²) in [5, 5.41) is 14.3. The van der Waals surface area contributed by atoms with Gasteiger partial charge < -0.3 is 28.8 Å². The molecule has 0 radical (unpaired) electrons. The van der Waals surface area contributed by atoms with E-state index < -0.39 is 30.7 Å². The maximum atomic E-state index is 10.7. The molecule has 0 amide bonds. The molecule has 1 N–H and O–H groups in total. The van der Waals surface area contributed by atoms with Crippen molar-refractivity contribution in [1.29, 1.82) is 0 Å². The first-order valence-corrected chi connectivity index (χ1v) is 11.9. The number of ether oxygens (including phenoxy) is 5. The first-order chi connectivity index (χ1) is 15.1. The third kappa shape index (κ3) is 11.0. The molecule has 0 aliphatic carbocycles. The summed E-state index contributed by atoms with van der Waals surface area (Å²) in [6.45, 7) is 11.0. The number of hydrogen-bond donors (Lipinski definition) is 1. The van der Waals surface area contributed by atoms with Crippen molar-refractivity contribution >= 4 is 0 Å². The second-order valence-electron chi connectivity index (χ2n) is 8.19. The highest BCUT2D eigenvalue weighted by Crippen LogP contribution is 2.28. The molecular weight excluding hydrogens is 402 g/mol. The Kier molecular flexibility index (Phi) is 16.0. The van der Waals surface area contributed by atoms with Gasteiger partial charge >= 0.3 is 0 Å². The van der Waals surface area contributed by atoms with Gasteiger partial charge in [0.25, 0.3) is 0 Å². The van der Waals surface area contributed by atoms with E-state index in [9.17, 15) is 5.11 Å². The lowest BCUT2D eigenvalue weighted by atomic mass is 9.98. The van der Waals surface area contributed by atoms with Crippen molar-refractivity contribution in [2.75, 3.05) is 39.6 Å². The molecule has 0 spiro atoms. The fourth-order valence-electron chi connectivity index (χ4n) is 3.30. The van der Waals surface area contributed by atoms with Gasteiger partial charge in [-0.05, 0) is 30.7 Å². The van der Waals surface area contributed by atoms with Crippen molar-refractivity contribution in [1.82, 2.24) is 0 Å². The number of aliphatic hydroxyl groups is 1. The summed E-state index contributed by atoms with van der Waals surface area (Å²) in [4.78, 5) is 2.78. The Balaban J connectivity index is 2.85. The Labute approximate surface area is 187 Å². The van der Waals surface area contributed by atoms with E-state index in [2.05, 4.69) is 30.8 Å². The SMILES string of the molecule is CCCCOC1[C@H](OCCCC)C(O)OC(COCC(C)CN=[N+]=[N-])[C@@H]1OCCCC. The molecule has 1 fully saturated rings. The molecule has 1 rings (SSSR count). The van der Waals surface area contributed by atoms with E-state index in [4.69, 9.17) is 29.2 Å². The predicted octanol–water partition coefficient (Wildman–Crippen LogP) is 4.22. The topological polar surface area (TPSA) is 115 Å². The molecule has 9 heteroatoms. The molecule has 6 atom stereocenters. The second kappa shape index (κ2) is 17.6. The molecule has 1 saturated heterocycles. The van der Waals surface area contributed by atoms with Gasteiger partial charge in [0.2, 0.25) is 0 Å². The number of aliphatic hydroxyl groups excluding tert-OH is 1. The van der Waals surface area contributed by atoms with Crippen LogP contribution in [0.1, 0.15) is 66.2 Å². The molecule has 1 aliphatic rings. The highest BCUT2D eigenvalue weighted by Gasteiger charge is 2.47. The van der Waals surface area contributed by atoms with Gasteiger partial charge in [0.15, 0.2) is 6.29 Å². The lowest BCUT2D eigenvalue weighted by Crippen LogP contribution is -2.61. The maximum Gasteiger partial charge on any atom is 0.184 e. The smallest absolute Gasteiger partial charge is 0.184 e. The van der Waals surface area contributed by atoms with Crippen LogP contribution in [0.5, 0.6) is 0 Å². The van der Waals surface area contributed by atoms with Crippen LogP contribution in [0.25, 0.3) is 10.4 Å². The van der Waals surface area contributed by atoms with Crippen LogP contribution in [0, 0.1) is 5.92 Å². The van der Waals surface area contributed by atoms with Crippen LogP contribution in [-0.4, -0.2) is 75.4 Å². The average molecular weight is 446 g/mol. The Hall–Kier alpha value is -0.930.